The van der Waals surface area contributed by atoms with Crippen LogP contribution in [0, 0.1) is 0 Å². The van der Waals surface area contributed by atoms with E-state index in [1.807, 2.05) is 36.4 Å². The molecule has 2 aromatic carbocycles. The van der Waals surface area contributed by atoms with Gasteiger partial charge in [-0.05, 0) is 25.5 Å². The van der Waals surface area contributed by atoms with E-state index in [4.69, 9.17) is 11.6 Å². The number of phenolic OH excluding ortho intramolecular Hbond substituents is 1. The zero-order valence-electron chi connectivity index (χ0n) is 14.7. The molecule has 0 aliphatic carbocycles. The Morgan fingerprint density at radius 3 is 2.54 bits per heavy atom. The Bertz CT molecular complexity index is 886. The molecular weight excluding hydrogens is 348 g/mol. The summed E-state index contributed by atoms with van der Waals surface area (Å²) in [6.45, 7) is 4.19. The fourth-order valence-electron chi connectivity index (χ4n) is 2.40. The molecule has 26 heavy (non-hydrogen) atoms. The zero-order valence-corrected chi connectivity index (χ0v) is 15.5. The molecule has 1 atom stereocenters. The van der Waals surface area contributed by atoms with Gasteiger partial charge in [-0.25, -0.2) is 4.98 Å². The van der Waals surface area contributed by atoms with Gasteiger partial charge in [0.05, 0.1) is 16.4 Å². The third-order valence-electron chi connectivity index (χ3n) is 4.00. The summed E-state index contributed by atoms with van der Waals surface area (Å²) >= 11 is 6.20. The number of hydrogen-bond acceptors (Lipinski definition) is 5. The molecule has 134 valence electrons. The van der Waals surface area contributed by atoms with Crippen molar-refractivity contribution in [3.8, 4) is 17.0 Å². The number of anilines is 3. The lowest BCUT2D eigenvalue weighted by molar-refractivity contribution is 0.475. The molecule has 0 radical (unpaired) electrons. The fraction of sp³-hybridized carbons (Fsp3) is 0.200. The first kappa shape index (κ1) is 18.0. The quantitative estimate of drug-likeness (QED) is 0.504. The minimum absolute atomic E-state index is 0.118. The molecule has 0 saturated carbocycles. The van der Waals surface area contributed by atoms with E-state index in [9.17, 15) is 5.11 Å². The van der Waals surface area contributed by atoms with Crippen molar-refractivity contribution in [1.82, 2.24) is 9.97 Å². The van der Waals surface area contributed by atoms with Gasteiger partial charge < -0.3 is 15.7 Å². The maximum absolute atomic E-state index is 9.52. The smallest absolute Gasteiger partial charge is 0.225 e. The highest BCUT2D eigenvalue weighted by molar-refractivity contribution is 6.33. The average molecular weight is 369 g/mol. The summed E-state index contributed by atoms with van der Waals surface area (Å²) in [7, 11) is 0. The first-order valence-electron chi connectivity index (χ1n) is 8.51. The van der Waals surface area contributed by atoms with Gasteiger partial charge in [-0.15, -0.1) is 0 Å². The predicted molar refractivity (Wildman–Crippen MR) is 107 cm³/mol. The second kappa shape index (κ2) is 8.06. The third kappa shape index (κ3) is 4.43. The molecule has 3 rings (SSSR count). The van der Waals surface area contributed by atoms with Gasteiger partial charge in [0.1, 0.15) is 11.6 Å². The van der Waals surface area contributed by atoms with Crippen LogP contribution in [-0.4, -0.2) is 21.1 Å². The number of benzene rings is 2. The molecule has 0 fully saturated rings. The number of aromatic nitrogens is 2. The summed E-state index contributed by atoms with van der Waals surface area (Å²) in [4.78, 5) is 9.19. The van der Waals surface area contributed by atoms with E-state index in [1.54, 1.807) is 12.1 Å². The van der Waals surface area contributed by atoms with E-state index < -0.39 is 0 Å². The minimum atomic E-state index is 0.118. The van der Waals surface area contributed by atoms with Crippen molar-refractivity contribution in [2.24, 2.45) is 0 Å². The van der Waals surface area contributed by atoms with Crippen LogP contribution in [0.1, 0.15) is 20.3 Å². The van der Waals surface area contributed by atoms with Gasteiger partial charge in [0.15, 0.2) is 0 Å². The van der Waals surface area contributed by atoms with Crippen molar-refractivity contribution in [1.29, 1.82) is 0 Å². The van der Waals surface area contributed by atoms with Crippen LogP contribution in [0.5, 0.6) is 5.75 Å². The van der Waals surface area contributed by atoms with E-state index in [0.29, 0.717) is 22.5 Å². The van der Waals surface area contributed by atoms with Gasteiger partial charge in [-0.1, -0.05) is 48.9 Å². The van der Waals surface area contributed by atoms with Gasteiger partial charge in [-0.2, -0.15) is 4.98 Å². The topological polar surface area (TPSA) is 70.1 Å². The van der Waals surface area contributed by atoms with Crippen LogP contribution < -0.4 is 10.6 Å². The van der Waals surface area contributed by atoms with Crippen LogP contribution in [0.25, 0.3) is 11.3 Å². The van der Waals surface area contributed by atoms with E-state index in [2.05, 4.69) is 34.4 Å². The summed E-state index contributed by atoms with van der Waals surface area (Å²) in [5, 5.41) is 16.5. The Morgan fingerprint density at radius 1 is 1.08 bits per heavy atom. The second-order valence-corrected chi connectivity index (χ2v) is 6.48. The number of aromatic hydroxyl groups is 1. The lowest BCUT2D eigenvalue weighted by atomic mass is 10.1. The van der Waals surface area contributed by atoms with Crippen molar-refractivity contribution in [3.05, 3.63) is 59.6 Å². The van der Waals surface area contributed by atoms with Crippen molar-refractivity contribution in [3.63, 3.8) is 0 Å². The highest BCUT2D eigenvalue weighted by Gasteiger charge is 2.10. The molecule has 0 aliphatic rings. The van der Waals surface area contributed by atoms with Crippen LogP contribution in [0.2, 0.25) is 5.02 Å². The van der Waals surface area contributed by atoms with Gasteiger partial charge in [0, 0.05) is 23.7 Å². The lowest BCUT2D eigenvalue weighted by Crippen LogP contribution is -2.16. The van der Waals surface area contributed by atoms with Crippen molar-refractivity contribution in [2.75, 3.05) is 10.6 Å². The molecule has 0 aliphatic heterocycles. The lowest BCUT2D eigenvalue weighted by Gasteiger charge is -2.15. The summed E-state index contributed by atoms with van der Waals surface area (Å²) in [6.07, 6.45) is 0.964. The molecule has 0 saturated heterocycles. The summed E-state index contributed by atoms with van der Waals surface area (Å²) in [6, 6.07) is 16.8. The third-order valence-corrected chi connectivity index (χ3v) is 4.31. The highest BCUT2D eigenvalue weighted by Crippen LogP contribution is 2.30. The molecule has 0 unspecified atom stereocenters. The fourth-order valence-corrected chi connectivity index (χ4v) is 2.62. The normalized spacial score (nSPS) is 11.8. The van der Waals surface area contributed by atoms with E-state index in [0.717, 1.165) is 17.7 Å². The Kier molecular flexibility index (Phi) is 5.58. The zero-order chi connectivity index (χ0) is 18.5. The maximum atomic E-state index is 9.52. The molecule has 6 heteroatoms. The Balaban J connectivity index is 1.98. The first-order chi connectivity index (χ1) is 12.5. The standard InChI is InChI=1S/C20H21ClN4O/c1-3-13(2)22-20-24-18(14-7-5-4-6-8-14)12-19(25-20)23-17-10-9-15(26)11-16(17)21/h4-13,26H,3H2,1-2H3,(H2,22,23,24,25)/t13-/m0/s1. The number of phenols is 1. The summed E-state index contributed by atoms with van der Waals surface area (Å²) in [5.41, 5.74) is 2.47. The number of nitrogens with one attached hydrogen (secondary N) is 2. The van der Waals surface area contributed by atoms with Crippen molar-refractivity contribution in [2.45, 2.75) is 26.3 Å². The Hall–Kier alpha value is -2.79. The number of halogens is 1. The van der Waals surface area contributed by atoms with Gasteiger partial charge in [0.2, 0.25) is 5.95 Å². The van der Waals surface area contributed by atoms with E-state index >= 15 is 0 Å². The van der Waals surface area contributed by atoms with Gasteiger partial charge in [-0.3, -0.25) is 0 Å². The van der Waals surface area contributed by atoms with Crippen molar-refractivity contribution < 1.29 is 5.11 Å². The Morgan fingerprint density at radius 2 is 1.85 bits per heavy atom. The highest BCUT2D eigenvalue weighted by atomic mass is 35.5. The molecule has 0 spiro atoms. The molecule has 0 bridgehead atoms. The Labute approximate surface area is 158 Å². The number of rotatable bonds is 6. The first-order valence-corrected chi connectivity index (χ1v) is 8.89. The van der Waals surface area contributed by atoms with E-state index in [1.165, 1.54) is 6.07 Å². The molecular formula is C20H21ClN4O. The molecule has 3 N–H and O–H groups in total. The average Bonchev–Trinajstić information content (AvgIpc) is 2.64. The molecule has 1 aromatic heterocycles. The van der Waals surface area contributed by atoms with Crippen LogP contribution in [0.3, 0.4) is 0 Å². The molecule has 3 aromatic rings. The molecule has 0 amide bonds. The van der Waals surface area contributed by atoms with Crippen LogP contribution in [-0.2, 0) is 0 Å². The second-order valence-electron chi connectivity index (χ2n) is 6.07. The predicted octanol–water partition coefficient (Wildman–Crippen LogP) is 5.46. The number of nitrogens with zero attached hydrogens (tertiary/aromatic N) is 2. The van der Waals surface area contributed by atoms with Gasteiger partial charge >= 0.3 is 0 Å². The largest absolute Gasteiger partial charge is 0.508 e. The van der Waals surface area contributed by atoms with Crippen LogP contribution >= 0.6 is 11.6 Å². The van der Waals surface area contributed by atoms with Gasteiger partial charge in [0.25, 0.3) is 0 Å². The summed E-state index contributed by atoms with van der Waals surface area (Å²) < 4.78 is 0. The monoisotopic (exact) mass is 368 g/mol. The van der Waals surface area contributed by atoms with Crippen LogP contribution in [0.15, 0.2) is 54.6 Å². The SMILES string of the molecule is CC[C@H](C)Nc1nc(Nc2ccc(O)cc2Cl)cc(-c2ccccc2)n1. The van der Waals surface area contributed by atoms with Crippen molar-refractivity contribution >= 4 is 29.1 Å². The number of hydrogen-bond donors (Lipinski definition) is 3. The van der Waals surface area contributed by atoms with Crippen LogP contribution in [0.4, 0.5) is 17.5 Å². The molecule has 5 nitrogen and oxygen atoms in total. The minimum Gasteiger partial charge on any atom is -0.508 e. The summed E-state index contributed by atoms with van der Waals surface area (Å²) in [5.74, 6) is 1.29. The maximum Gasteiger partial charge on any atom is 0.225 e. The van der Waals surface area contributed by atoms with E-state index in [-0.39, 0.29) is 11.8 Å². The molecule has 1 heterocycles.